The smallest absolute Gasteiger partial charge is 0.338 e. The molecule has 0 spiro atoms. The van der Waals surface area contributed by atoms with Crippen LogP contribution in [-0.2, 0) is 18.3 Å². The number of esters is 1. The first-order chi connectivity index (χ1) is 10.6. The van der Waals surface area contributed by atoms with Crippen molar-refractivity contribution < 1.29 is 14.3 Å². The summed E-state index contributed by atoms with van der Waals surface area (Å²) in [5.41, 5.74) is 1.94. The normalized spacial score (nSPS) is 10.1. The molecule has 1 heterocycles. The van der Waals surface area contributed by atoms with Crippen molar-refractivity contribution in [3.63, 3.8) is 0 Å². The highest BCUT2D eigenvalue weighted by molar-refractivity contribution is 5.92. The van der Waals surface area contributed by atoms with Crippen LogP contribution in [0.5, 0.6) is 0 Å². The number of benzene rings is 1. The first-order valence-electron chi connectivity index (χ1n) is 6.87. The second-order valence-electron chi connectivity index (χ2n) is 4.60. The van der Waals surface area contributed by atoms with Gasteiger partial charge in [0.25, 0.3) is 0 Å². The zero-order chi connectivity index (χ0) is 15.9. The average molecular weight is 302 g/mol. The summed E-state index contributed by atoms with van der Waals surface area (Å²) in [5, 5.41) is 5.42. The molecule has 1 aromatic heterocycles. The Kier molecular flexibility index (Phi) is 5.13. The number of hydrogen-bond acceptors (Lipinski definition) is 4. The molecule has 2 rings (SSSR count). The minimum absolute atomic E-state index is 0.329. The van der Waals surface area contributed by atoms with Crippen molar-refractivity contribution in [3.8, 4) is 0 Å². The van der Waals surface area contributed by atoms with Crippen LogP contribution in [0.3, 0.4) is 0 Å². The molecule has 0 radical (unpaired) electrons. The van der Waals surface area contributed by atoms with E-state index in [1.807, 2.05) is 11.6 Å². The maximum Gasteiger partial charge on any atom is 0.338 e. The van der Waals surface area contributed by atoms with Crippen molar-refractivity contribution in [3.05, 3.63) is 48.0 Å². The Morgan fingerprint density at radius 2 is 2.00 bits per heavy atom. The topological polar surface area (TPSA) is 85.2 Å². The molecule has 0 aliphatic heterocycles. The molecule has 0 saturated carbocycles. The van der Waals surface area contributed by atoms with Crippen molar-refractivity contribution in [1.82, 2.24) is 14.9 Å². The van der Waals surface area contributed by atoms with Crippen LogP contribution in [0.15, 0.2) is 36.8 Å². The molecular weight excluding hydrogens is 284 g/mol. The number of nitrogens with one attached hydrogen (secondary N) is 2. The molecule has 7 heteroatoms. The zero-order valence-corrected chi connectivity index (χ0v) is 12.5. The van der Waals surface area contributed by atoms with Crippen LogP contribution in [0, 0.1) is 0 Å². The van der Waals surface area contributed by atoms with Crippen molar-refractivity contribution in [2.24, 2.45) is 7.05 Å². The molecule has 2 amide bonds. The van der Waals surface area contributed by atoms with Crippen LogP contribution in [-0.4, -0.2) is 28.2 Å². The van der Waals surface area contributed by atoms with E-state index in [-0.39, 0.29) is 12.0 Å². The fourth-order valence-corrected chi connectivity index (χ4v) is 1.81. The average Bonchev–Trinajstić information content (AvgIpc) is 2.91. The van der Waals surface area contributed by atoms with E-state index in [2.05, 4.69) is 15.6 Å². The number of ether oxygens (including phenoxy) is 1. The van der Waals surface area contributed by atoms with Crippen LogP contribution < -0.4 is 10.6 Å². The molecule has 0 atom stereocenters. The second-order valence-corrected chi connectivity index (χ2v) is 4.60. The maximum absolute atomic E-state index is 11.8. The van der Waals surface area contributed by atoms with Gasteiger partial charge in [0.15, 0.2) is 0 Å². The van der Waals surface area contributed by atoms with Gasteiger partial charge in [-0.2, -0.15) is 0 Å². The third kappa shape index (κ3) is 4.08. The van der Waals surface area contributed by atoms with E-state index in [1.165, 1.54) is 0 Å². The third-order valence-corrected chi connectivity index (χ3v) is 3.00. The first-order valence-corrected chi connectivity index (χ1v) is 6.87. The predicted molar refractivity (Wildman–Crippen MR) is 81.5 cm³/mol. The summed E-state index contributed by atoms with van der Waals surface area (Å²) < 4.78 is 6.72. The fraction of sp³-hybridized carbons (Fsp3) is 0.267. The Bertz CT molecular complexity index is 649. The van der Waals surface area contributed by atoms with Gasteiger partial charge in [-0.1, -0.05) is 0 Å². The molecule has 2 N–H and O–H groups in total. The minimum atomic E-state index is -0.380. The van der Waals surface area contributed by atoms with Crippen LogP contribution in [0.25, 0.3) is 0 Å². The van der Waals surface area contributed by atoms with Crippen LogP contribution in [0.2, 0.25) is 0 Å². The first kappa shape index (κ1) is 15.6. The summed E-state index contributed by atoms with van der Waals surface area (Å²) in [4.78, 5) is 27.3. The Hall–Kier alpha value is -2.83. The quantitative estimate of drug-likeness (QED) is 0.826. The van der Waals surface area contributed by atoms with Crippen molar-refractivity contribution >= 4 is 17.7 Å². The lowest BCUT2D eigenvalue weighted by atomic mass is 10.2. The maximum atomic E-state index is 11.8. The summed E-state index contributed by atoms with van der Waals surface area (Å²) in [5.74, 6) is -0.380. The number of hydrogen-bond donors (Lipinski definition) is 2. The molecule has 1 aromatic carbocycles. The van der Waals surface area contributed by atoms with E-state index in [0.29, 0.717) is 24.4 Å². The van der Waals surface area contributed by atoms with Gasteiger partial charge in [-0.05, 0) is 31.2 Å². The number of aromatic nitrogens is 2. The summed E-state index contributed by atoms with van der Waals surface area (Å²) in [7, 11) is 1.86. The van der Waals surface area contributed by atoms with Gasteiger partial charge in [0.2, 0.25) is 0 Å². The van der Waals surface area contributed by atoms with E-state index in [1.54, 1.807) is 43.7 Å². The lowest BCUT2D eigenvalue weighted by Gasteiger charge is -2.08. The van der Waals surface area contributed by atoms with Gasteiger partial charge in [0.1, 0.15) is 0 Å². The number of carbonyl (C=O) groups excluding carboxylic acids is 2. The molecule has 22 heavy (non-hydrogen) atoms. The molecule has 0 bridgehead atoms. The molecule has 0 saturated heterocycles. The van der Waals surface area contributed by atoms with Gasteiger partial charge in [-0.3, -0.25) is 0 Å². The molecule has 116 valence electrons. The largest absolute Gasteiger partial charge is 0.462 e. The number of urea groups is 1. The fourth-order valence-electron chi connectivity index (χ4n) is 1.81. The van der Waals surface area contributed by atoms with E-state index in [4.69, 9.17) is 4.74 Å². The lowest BCUT2D eigenvalue weighted by Crippen LogP contribution is -2.28. The van der Waals surface area contributed by atoms with Gasteiger partial charge < -0.3 is 19.9 Å². The number of nitrogens with zero attached hydrogens (tertiary/aromatic N) is 2. The molecule has 0 aliphatic carbocycles. The Morgan fingerprint density at radius 3 is 2.59 bits per heavy atom. The molecular formula is C15H18N4O3. The van der Waals surface area contributed by atoms with Gasteiger partial charge >= 0.3 is 12.0 Å². The Morgan fingerprint density at radius 1 is 1.27 bits per heavy atom. The SMILES string of the molecule is CCOC(=O)c1ccc(NC(=O)NCc2cncn2C)cc1. The Labute approximate surface area is 128 Å². The Balaban J connectivity index is 1.86. The van der Waals surface area contributed by atoms with Crippen LogP contribution in [0.1, 0.15) is 23.0 Å². The van der Waals surface area contributed by atoms with Gasteiger partial charge in [0.05, 0.1) is 30.7 Å². The van der Waals surface area contributed by atoms with Crippen LogP contribution >= 0.6 is 0 Å². The molecule has 0 unspecified atom stereocenters. The number of amides is 2. The molecule has 7 nitrogen and oxygen atoms in total. The minimum Gasteiger partial charge on any atom is -0.462 e. The van der Waals surface area contributed by atoms with E-state index in [0.717, 1.165) is 5.69 Å². The van der Waals surface area contributed by atoms with E-state index >= 15 is 0 Å². The summed E-state index contributed by atoms with van der Waals surface area (Å²) >= 11 is 0. The highest BCUT2D eigenvalue weighted by Gasteiger charge is 2.07. The van der Waals surface area contributed by atoms with Crippen molar-refractivity contribution in [1.29, 1.82) is 0 Å². The molecule has 0 aliphatic rings. The van der Waals surface area contributed by atoms with Gasteiger partial charge in [0, 0.05) is 18.9 Å². The molecule has 0 fully saturated rings. The van der Waals surface area contributed by atoms with Crippen molar-refractivity contribution in [2.75, 3.05) is 11.9 Å². The summed E-state index contributed by atoms with van der Waals surface area (Å²) in [6.45, 7) is 2.46. The number of carbonyl (C=O) groups is 2. The summed E-state index contributed by atoms with van der Waals surface area (Å²) in [6.07, 6.45) is 3.36. The van der Waals surface area contributed by atoms with E-state index < -0.39 is 0 Å². The number of anilines is 1. The number of rotatable bonds is 5. The number of aryl methyl sites for hydroxylation is 1. The lowest BCUT2D eigenvalue weighted by molar-refractivity contribution is 0.0526. The zero-order valence-electron chi connectivity index (χ0n) is 12.5. The number of imidazole rings is 1. The van der Waals surface area contributed by atoms with Crippen LogP contribution in [0.4, 0.5) is 10.5 Å². The molecule has 2 aromatic rings. The van der Waals surface area contributed by atoms with E-state index in [9.17, 15) is 9.59 Å². The monoisotopic (exact) mass is 302 g/mol. The third-order valence-electron chi connectivity index (χ3n) is 3.00. The predicted octanol–water partition coefficient (Wildman–Crippen LogP) is 1.92. The summed E-state index contributed by atoms with van der Waals surface area (Å²) in [6, 6.07) is 6.18. The van der Waals surface area contributed by atoms with Crippen molar-refractivity contribution in [2.45, 2.75) is 13.5 Å². The van der Waals surface area contributed by atoms with Gasteiger partial charge in [-0.25, -0.2) is 14.6 Å². The standard InChI is InChI=1S/C15H18N4O3/c1-3-22-14(20)11-4-6-12(7-5-11)18-15(21)17-9-13-8-16-10-19(13)2/h4-8,10H,3,9H2,1-2H3,(H2,17,18,21). The highest BCUT2D eigenvalue weighted by atomic mass is 16.5. The van der Waals surface area contributed by atoms with Gasteiger partial charge in [-0.15, -0.1) is 0 Å². The highest BCUT2D eigenvalue weighted by Crippen LogP contribution is 2.10. The second kappa shape index (κ2) is 7.26.